The van der Waals surface area contributed by atoms with Gasteiger partial charge in [-0.1, -0.05) is 48.5 Å². The lowest BCUT2D eigenvalue weighted by atomic mass is 10.2. The van der Waals surface area contributed by atoms with Crippen LogP contribution in [0.5, 0.6) is 5.75 Å². The standard InChI is InChI=1S/C18H19N3O2/c1-22-16-10-6-5-9-15(16)12-19-13-18-21-20-17(23-18)11-14-7-3-2-4-8-14/h2-10,19H,11-13H2,1H3. The molecule has 3 rings (SSSR count). The lowest BCUT2D eigenvalue weighted by Crippen LogP contribution is -2.13. The summed E-state index contributed by atoms with van der Waals surface area (Å²) in [6.07, 6.45) is 0.653. The van der Waals surface area contributed by atoms with Crippen LogP contribution in [0.3, 0.4) is 0 Å². The van der Waals surface area contributed by atoms with Gasteiger partial charge in [-0.15, -0.1) is 10.2 Å². The third-order valence-electron chi connectivity index (χ3n) is 3.49. The van der Waals surface area contributed by atoms with Gasteiger partial charge in [0.2, 0.25) is 11.8 Å². The topological polar surface area (TPSA) is 60.2 Å². The predicted octanol–water partition coefficient (Wildman–Crippen LogP) is 2.96. The highest BCUT2D eigenvalue weighted by Gasteiger charge is 2.07. The number of hydrogen-bond donors (Lipinski definition) is 1. The highest BCUT2D eigenvalue weighted by atomic mass is 16.5. The van der Waals surface area contributed by atoms with E-state index in [9.17, 15) is 0 Å². The quantitative estimate of drug-likeness (QED) is 0.727. The first-order valence-corrected chi connectivity index (χ1v) is 7.53. The maximum absolute atomic E-state index is 5.67. The Hall–Kier alpha value is -2.66. The summed E-state index contributed by atoms with van der Waals surface area (Å²) in [5.74, 6) is 2.09. The Morgan fingerprint density at radius 3 is 2.48 bits per heavy atom. The molecule has 0 unspecified atom stereocenters. The fourth-order valence-corrected chi connectivity index (χ4v) is 2.35. The largest absolute Gasteiger partial charge is 0.496 e. The van der Waals surface area contributed by atoms with Gasteiger partial charge in [-0.05, 0) is 11.6 Å². The molecule has 0 bridgehead atoms. The van der Waals surface area contributed by atoms with Crippen molar-refractivity contribution in [3.63, 3.8) is 0 Å². The lowest BCUT2D eigenvalue weighted by Gasteiger charge is -2.07. The van der Waals surface area contributed by atoms with Gasteiger partial charge in [0.1, 0.15) is 5.75 Å². The van der Waals surface area contributed by atoms with Crippen LogP contribution in [0.15, 0.2) is 59.0 Å². The molecule has 118 valence electrons. The van der Waals surface area contributed by atoms with Gasteiger partial charge in [0, 0.05) is 12.1 Å². The molecule has 0 aliphatic heterocycles. The van der Waals surface area contributed by atoms with E-state index in [0.29, 0.717) is 31.3 Å². The van der Waals surface area contributed by atoms with Crippen LogP contribution in [-0.2, 0) is 19.5 Å². The number of aromatic nitrogens is 2. The van der Waals surface area contributed by atoms with Crippen LogP contribution in [-0.4, -0.2) is 17.3 Å². The molecule has 1 aromatic heterocycles. The molecule has 0 aliphatic carbocycles. The summed E-state index contributed by atoms with van der Waals surface area (Å²) in [7, 11) is 1.67. The van der Waals surface area contributed by atoms with Crippen molar-refractivity contribution in [2.24, 2.45) is 0 Å². The number of para-hydroxylation sites is 1. The second-order valence-corrected chi connectivity index (χ2v) is 5.17. The second-order valence-electron chi connectivity index (χ2n) is 5.17. The third-order valence-corrected chi connectivity index (χ3v) is 3.49. The number of methoxy groups -OCH3 is 1. The Balaban J connectivity index is 1.53. The first-order valence-electron chi connectivity index (χ1n) is 7.53. The van der Waals surface area contributed by atoms with E-state index in [2.05, 4.69) is 15.5 Å². The van der Waals surface area contributed by atoms with Crippen LogP contribution in [0, 0.1) is 0 Å². The molecule has 5 nitrogen and oxygen atoms in total. The number of rotatable bonds is 7. The summed E-state index contributed by atoms with van der Waals surface area (Å²) < 4.78 is 11.0. The van der Waals surface area contributed by atoms with E-state index in [0.717, 1.165) is 16.9 Å². The number of nitrogens with one attached hydrogen (secondary N) is 1. The molecule has 1 N–H and O–H groups in total. The molecule has 0 radical (unpaired) electrons. The zero-order chi connectivity index (χ0) is 15.9. The molecule has 5 heteroatoms. The number of ether oxygens (including phenoxy) is 1. The van der Waals surface area contributed by atoms with Crippen LogP contribution in [0.4, 0.5) is 0 Å². The van der Waals surface area contributed by atoms with Crippen LogP contribution in [0.1, 0.15) is 22.9 Å². The normalized spacial score (nSPS) is 10.7. The summed E-state index contributed by atoms with van der Waals surface area (Å²) in [5.41, 5.74) is 2.25. The van der Waals surface area contributed by atoms with Crippen molar-refractivity contribution >= 4 is 0 Å². The fraction of sp³-hybridized carbons (Fsp3) is 0.222. The zero-order valence-corrected chi connectivity index (χ0v) is 13.0. The van der Waals surface area contributed by atoms with Crippen LogP contribution in [0.25, 0.3) is 0 Å². The van der Waals surface area contributed by atoms with Gasteiger partial charge in [-0.25, -0.2) is 0 Å². The summed E-state index contributed by atoms with van der Waals surface area (Å²) in [4.78, 5) is 0. The summed E-state index contributed by atoms with van der Waals surface area (Å²) >= 11 is 0. The summed E-state index contributed by atoms with van der Waals surface area (Å²) in [6, 6.07) is 18.0. The van der Waals surface area contributed by atoms with E-state index in [-0.39, 0.29) is 0 Å². The minimum atomic E-state index is 0.528. The molecular weight excluding hydrogens is 290 g/mol. The predicted molar refractivity (Wildman–Crippen MR) is 87.1 cm³/mol. The Kier molecular flexibility index (Phi) is 5.01. The third kappa shape index (κ3) is 4.17. The van der Waals surface area contributed by atoms with Crippen LogP contribution in [0.2, 0.25) is 0 Å². The molecule has 0 fully saturated rings. The highest BCUT2D eigenvalue weighted by molar-refractivity contribution is 5.32. The smallest absolute Gasteiger partial charge is 0.230 e. The maximum Gasteiger partial charge on any atom is 0.230 e. The van der Waals surface area contributed by atoms with Gasteiger partial charge in [0.15, 0.2) is 0 Å². The van der Waals surface area contributed by atoms with Crippen molar-refractivity contribution in [3.05, 3.63) is 77.5 Å². The molecule has 1 heterocycles. The van der Waals surface area contributed by atoms with E-state index in [1.54, 1.807) is 7.11 Å². The highest BCUT2D eigenvalue weighted by Crippen LogP contribution is 2.16. The molecule has 0 saturated carbocycles. The average molecular weight is 309 g/mol. The van der Waals surface area contributed by atoms with Gasteiger partial charge in [-0.2, -0.15) is 0 Å². The maximum atomic E-state index is 5.67. The minimum Gasteiger partial charge on any atom is -0.496 e. The lowest BCUT2D eigenvalue weighted by molar-refractivity contribution is 0.404. The molecule has 0 spiro atoms. The number of nitrogens with zero attached hydrogens (tertiary/aromatic N) is 2. The molecular formula is C18H19N3O2. The van der Waals surface area contributed by atoms with Crippen LogP contribution >= 0.6 is 0 Å². The fourth-order valence-electron chi connectivity index (χ4n) is 2.35. The van der Waals surface area contributed by atoms with Gasteiger partial charge in [0.25, 0.3) is 0 Å². The summed E-state index contributed by atoms with van der Waals surface area (Å²) in [5, 5.41) is 11.5. The van der Waals surface area contributed by atoms with E-state index < -0.39 is 0 Å². The molecule has 3 aromatic rings. The van der Waals surface area contributed by atoms with Crippen molar-refractivity contribution in [2.75, 3.05) is 7.11 Å². The van der Waals surface area contributed by atoms with E-state index in [1.165, 1.54) is 0 Å². The Morgan fingerprint density at radius 1 is 0.913 bits per heavy atom. The van der Waals surface area contributed by atoms with Gasteiger partial charge >= 0.3 is 0 Å². The van der Waals surface area contributed by atoms with Gasteiger partial charge in [-0.3, -0.25) is 0 Å². The zero-order valence-electron chi connectivity index (χ0n) is 13.0. The number of benzene rings is 2. The Labute approximate surface area is 135 Å². The molecule has 23 heavy (non-hydrogen) atoms. The van der Waals surface area contributed by atoms with Crippen molar-refractivity contribution in [3.8, 4) is 5.75 Å². The molecule has 0 aliphatic rings. The molecule has 0 amide bonds. The Bertz CT molecular complexity index is 741. The van der Waals surface area contributed by atoms with Crippen molar-refractivity contribution < 1.29 is 9.15 Å². The number of hydrogen-bond acceptors (Lipinski definition) is 5. The first kappa shape index (κ1) is 15.2. The van der Waals surface area contributed by atoms with Gasteiger partial charge in [0.05, 0.1) is 20.1 Å². The molecule has 0 atom stereocenters. The average Bonchev–Trinajstić information content (AvgIpc) is 3.03. The minimum absolute atomic E-state index is 0.528. The van der Waals surface area contributed by atoms with Crippen molar-refractivity contribution in [1.82, 2.24) is 15.5 Å². The van der Waals surface area contributed by atoms with E-state index >= 15 is 0 Å². The van der Waals surface area contributed by atoms with Crippen molar-refractivity contribution in [2.45, 2.75) is 19.5 Å². The monoisotopic (exact) mass is 309 g/mol. The van der Waals surface area contributed by atoms with Crippen molar-refractivity contribution in [1.29, 1.82) is 0 Å². The van der Waals surface area contributed by atoms with E-state index in [1.807, 2.05) is 54.6 Å². The van der Waals surface area contributed by atoms with Gasteiger partial charge < -0.3 is 14.5 Å². The SMILES string of the molecule is COc1ccccc1CNCc1nnc(Cc2ccccc2)o1. The summed E-state index contributed by atoms with van der Waals surface area (Å²) in [6.45, 7) is 1.21. The second kappa shape index (κ2) is 7.56. The first-order chi connectivity index (χ1) is 11.3. The molecule has 0 saturated heterocycles. The molecule has 2 aromatic carbocycles. The van der Waals surface area contributed by atoms with Crippen LogP contribution < -0.4 is 10.1 Å². The Morgan fingerprint density at radius 2 is 1.65 bits per heavy atom. The van der Waals surface area contributed by atoms with E-state index in [4.69, 9.17) is 9.15 Å².